The zero-order valence-electron chi connectivity index (χ0n) is 20.9. The number of benzene rings is 2. The lowest BCUT2D eigenvalue weighted by Crippen LogP contribution is -2.36. The molecule has 1 aromatic heterocycles. The van der Waals surface area contributed by atoms with Gasteiger partial charge in [-0.2, -0.15) is 0 Å². The maximum absolute atomic E-state index is 13.6. The number of nitrogens with one attached hydrogen (secondary N) is 2. The number of anilines is 3. The number of pyridine rings is 1. The van der Waals surface area contributed by atoms with E-state index < -0.39 is 5.82 Å². The molecule has 1 unspecified atom stereocenters. The van der Waals surface area contributed by atoms with Crippen LogP contribution in [-0.4, -0.2) is 68.0 Å². The van der Waals surface area contributed by atoms with Gasteiger partial charge in [0.15, 0.2) is 0 Å². The summed E-state index contributed by atoms with van der Waals surface area (Å²) in [6.45, 7) is 4.89. The van der Waals surface area contributed by atoms with E-state index >= 15 is 0 Å². The largest absolute Gasteiger partial charge is 0.489 e. The number of aromatic nitrogens is 1. The molecule has 0 aliphatic carbocycles. The lowest BCUT2D eigenvalue weighted by Gasteiger charge is -2.25. The van der Waals surface area contributed by atoms with E-state index in [0.29, 0.717) is 49.0 Å². The fourth-order valence-electron chi connectivity index (χ4n) is 4.45. The van der Waals surface area contributed by atoms with Gasteiger partial charge in [0.2, 0.25) is 5.91 Å². The number of carbonyl (C=O) groups is 1. The van der Waals surface area contributed by atoms with Crippen LogP contribution in [0.15, 0.2) is 54.7 Å². The van der Waals surface area contributed by atoms with E-state index in [9.17, 15) is 9.18 Å². The Labute approximate surface area is 225 Å². The maximum Gasteiger partial charge on any atom is 0.248 e. The standard InChI is InChI=1S/C28H30ClFN4O4/c29-22-15-19(5-6-23(22)30)32-24-7-8-31-25-17-27(38-18-20-3-2-12-37-20)26(16-21(24)25)33-28(35)4-1-9-34-10-13-36-14-11-34/h1,4-8,15-17,20H,2-3,9-14,18H2,(H,31,32)(H,33,35)/b4-1+. The lowest BCUT2D eigenvalue weighted by molar-refractivity contribution is -0.111. The van der Waals surface area contributed by atoms with Crippen molar-refractivity contribution in [2.45, 2.75) is 18.9 Å². The minimum atomic E-state index is -0.489. The smallest absolute Gasteiger partial charge is 0.248 e. The molecule has 200 valence electrons. The second kappa shape index (κ2) is 12.5. The van der Waals surface area contributed by atoms with Gasteiger partial charge in [0.1, 0.15) is 18.2 Å². The number of nitrogens with zero attached hydrogens (tertiary/aromatic N) is 2. The van der Waals surface area contributed by atoms with Crippen LogP contribution < -0.4 is 15.4 Å². The fourth-order valence-corrected chi connectivity index (χ4v) is 4.63. The van der Waals surface area contributed by atoms with Crippen molar-refractivity contribution in [3.8, 4) is 5.75 Å². The lowest BCUT2D eigenvalue weighted by atomic mass is 10.1. The quantitative estimate of drug-likeness (QED) is 0.363. The Morgan fingerprint density at radius 1 is 1.18 bits per heavy atom. The molecule has 10 heteroatoms. The molecule has 1 atom stereocenters. The molecule has 0 saturated carbocycles. The van der Waals surface area contributed by atoms with E-state index in [1.807, 2.05) is 12.1 Å². The fraction of sp³-hybridized carbons (Fsp3) is 0.357. The number of halogens is 2. The predicted molar refractivity (Wildman–Crippen MR) is 146 cm³/mol. The van der Waals surface area contributed by atoms with Crippen LogP contribution in [0.1, 0.15) is 12.8 Å². The van der Waals surface area contributed by atoms with Crippen LogP contribution in [0.3, 0.4) is 0 Å². The number of amides is 1. The van der Waals surface area contributed by atoms with Crippen LogP contribution in [-0.2, 0) is 14.3 Å². The Morgan fingerprint density at radius 3 is 2.84 bits per heavy atom. The van der Waals surface area contributed by atoms with E-state index in [4.69, 9.17) is 25.8 Å². The third kappa shape index (κ3) is 6.79. The van der Waals surface area contributed by atoms with Gasteiger partial charge < -0.3 is 24.8 Å². The number of carbonyl (C=O) groups excluding carboxylic acids is 1. The molecule has 2 fully saturated rings. The van der Waals surface area contributed by atoms with Crippen LogP contribution >= 0.6 is 11.6 Å². The summed E-state index contributed by atoms with van der Waals surface area (Å²) in [5.41, 5.74) is 2.54. The molecule has 2 aliphatic rings. The van der Waals surface area contributed by atoms with Gasteiger partial charge in [-0.25, -0.2) is 4.39 Å². The van der Waals surface area contributed by atoms with E-state index in [-0.39, 0.29) is 17.0 Å². The molecule has 0 radical (unpaired) electrons. The molecule has 2 aliphatic heterocycles. The highest BCUT2D eigenvalue weighted by Gasteiger charge is 2.18. The zero-order chi connectivity index (χ0) is 26.3. The zero-order valence-corrected chi connectivity index (χ0v) is 21.7. The highest BCUT2D eigenvalue weighted by molar-refractivity contribution is 6.31. The molecule has 0 bridgehead atoms. The van der Waals surface area contributed by atoms with Crippen molar-refractivity contribution < 1.29 is 23.4 Å². The Bertz CT molecular complexity index is 1310. The van der Waals surface area contributed by atoms with Crippen molar-refractivity contribution in [1.82, 2.24) is 9.88 Å². The summed E-state index contributed by atoms with van der Waals surface area (Å²) in [6.07, 6.45) is 7.02. The van der Waals surface area contributed by atoms with Crippen molar-refractivity contribution in [1.29, 1.82) is 0 Å². The maximum atomic E-state index is 13.6. The number of hydrogen-bond donors (Lipinski definition) is 2. The van der Waals surface area contributed by atoms with Gasteiger partial charge in [-0.15, -0.1) is 0 Å². The summed E-state index contributed by atoms with van der Waals surface area (Å²) >= 11 is 5.96. The Hall–Kier alpha value is -3.24. The van der Waals surface area contributed by atoms with Gasteiger partial charge in [-0.1, -0.05) is 17.7 Å². The minimum absolute atomic E-state index is 0.0202. The molecule has 5 rings (SSSR count). The van der Waals surface area contributed by atoms with Crippen LogP contribution in [0, 0.1) is 5.82 Å². The van der Waals surface area contributed by atoms with Crippen molar-refractivity contribution in [2.24, 2.45) is 0 Å². The first kappa shape index (κ1) is 26.4. The molecule has 1 amide bonds. The highest BCUT2D eigenvalue weighted by Crippen LogP contribution is 2.35. The van der Waals surface area contributed by atoms with Gasteiger partial charge in [0.25, 0.3) is 0 Å². The van der Waals surface area contributed by atoms with Crippen molar-refractivity contribution in [3.05, 3.63) is 65.6 Å². The van der Waals surface area contributed by atoms with Crippen LogP contribution in [0.2, 0.25) is 5.02 Å². The van der Waals surface area contributed by atoms with E-state index in [1.54, 1.807) is 24.4 Å². The number of ether oxygens (including phenoxy) is 3. The van der Waals surface area contributed by atoms with Crippen LogP contribution in [0.4, 0.5) is 21.5 Å². The number of rotatable bonds is 9. The summed E-state index contributed by atoms with van der Waals surface area (Å²) < 4.78 is 30.8. The summed E-state index contributed by atoms with van der Waals surface area (Å²) in [6, 6.07) is 9.87. The van der Waals surface area contributed by atoms with Crippen molar-refractivity contribution in [3.63, 3.8) is 0 Å². The second-order valence-corrected chi connectivity index (χ2v) is 9.64. The molecule has 3 heterocycles. The molecule has 0 spiro atoms. The van der Waals surface area contributed by atoms with E-state index in [0.717, 1.165) is 43.6 Å². The Kier molecular flexibility index (Phi) is 8.70. The topological polar surface area (TPSA) is 85.0 Å². The average molecular weight is 541 g/mol. The molecule has 38 heavy (non-hydrogen) atoms. The number of hydrogen-bond acceptors (Lipinski definition) is 7. The molecular weight excluding hydrogens is 511 g/mol. The molecule has 2 N–H and O–H groups in total. The summed E-state index contributed by atoms with van der Waals surface area (Å²) in [5.74, 6) is -0.239. The summed E-state index contributed by atoms with van der Waals surface area (Å²) in [7, 11) is 0. The minimum Gasteiger partial charge on any atom is -0.489 e. The van der Waals surface area contributed by atoms with E-state index in [1.165, 1.54) is 18.2 Å². The van der Waals surface area contributed by atoms with Crippen LogP contribution in [0.5, 0.6) is 5.75 Å². The first-order valence-electron chi connectivity index (χ1n) is 12.7. The Morgan fingerprint density at radius 2 is 2.05 bits per heavy atom. The van der Waals surface area contributed by atoms with Crippen molar-refractivity contribution in [2.75, 3.05) is 56.7 Å². The summed E-state index contributed by atoms with van der Waals surface area (Å²) in [4.78, 5) is 19.6. The van der Waals surface area contributed by atoms with Gasteiger partial charge in [0.05, 0.1) is 35.5 Å². The molecule has 3 aromatic rings. The first-order valence-corrected chi connectivity index (χ1v) is 13.1. The van der Waals surface area contributed by atoms with Gasteiger partial charge in [-0.3, -0.25) is 14.7 Å². The third-order valence-electron chi connectivity index (χ3n) is 6.48. The van der Waals surface area contributed by atoms with Gasteiger partial charge >= 0.3 is 0 Å². The highest BCUT2D eigenvalue weighted by atomic mass is 35.5. The number of morpholine rings is 1. The predicted octanol–water partition coefficient (Wildman–Crippen LogP) is 5.16. The van der Waals surface area contributed by atoms with Gasteiger partial charge in [0, 0.05) is 61.3 Å². The van der Waals surface area contributed by atoms with E-state index in [2.05, 4.69) is 20.5 Å². The first-order chi connectivity index (χ1) is 18.5. The molecule has 2 saturated heterocycles. The van der Waals surface area contributed by atoms with Crippen molar-refractivity contribution >= 4 is 45.5 Å². The summed E-state index contributed by atoms with van der Waals surface area (Å²) in [5, 5.41) is 7.01. The molecule has 8 nitrogen and oxygen atoms in total. The third-order valence-corrected chi connectivity index (χ3v) is 6.77. The Balaban J connectivity index is 1.39. The SMILES string of the molecule is O=C(/C=C/CN1CCOCC1)Nc1cc2c(Nc3ccc(F)c(Cl)c3)ccnc2cc1OCC1CCCO1. The monoisotopic (exact) mass is 540 g/mol. The normalized spacial score (nSPS) is 18.2. The van der Waals surface area contributed by atoms with Crippen LogP contribution in [0.25, 0.3) is 10.9 Å². The molecule has 2 aromatic carbocycles. The second-order valence-electron chi connectivity index (χ2n) is 9.23. The number of fused-ring (bicyclic) bond motifs is 1. The molecular formula is C28H30ClFN4O4. The average Bonchev–Trinajstić information content (AvgIpc) is 3.44. The van der Waals surface area contributed by atoms with Gasteiger partial charge in [-0.05, 0) is 43.2 Å².